The van der Waals surface area contributed by atoms with Crippen LogP contribution in [-0.2, 0) is 9.47 Å². The molecule has 5 nitrogen and oxygen atoms in total. The van der Waals surface area contributed by atoms with E-state index in [4.69, 9.17) is 9.47 Å². The maximum atomic E-state index is 12.6. The Balaban J connectivity index is 0.00000217. The smallest absolute Gasteiger partial charge is 0.407 e. The maximum Gasteiger partial charge on any atom is 0.407 e. The molecule has 5 saturated carbocycles. The molecule has 6 heteroatoms. The van der Waals surface area contributed by atoms with Gasteiger partial charge in [-0.05, 0) is 110 Å². The standard InChI is InChI=1S/C28H44N2O3.H2S/c1-25(2)22-7-6-18-20-13-21-19(5-4-12-32-21)26(20,3)10-11-27(18)16-28(22,27)9-8-23(25)30-24(31)33-17-14-29-15-17;/h17-23,29H,4-16H2,1-3H3,(H,30,31);1H2/t18-,19?,20?,21+,22?,23-,26+,27?,28+;/m0./s1. The number of carbonyl (C=O) groups excluding carboxylic acids is 1. The summed E-state index contributed by atoms with van der Waals surface area (Å²) in [5.41, 5.74) is 1.78. The third-order valence-corrected chi connectivity index (χ3v) is 12.8. The minimum absolute atomic E-state index is 0. The van der Waals surface area contributed by atoms with Gasteiger partial charge in [-0.1, -0.05) is 20.8 Å². The highest BCUT2D eigenvalue weighted by Crippen LogP contribution is 2.87. The molecule has 2 spiro atoms. The van der Waals surface area contributed by atoms with Gasteiger partial charge in [0.2, 0.25) is 0 Å². The van der Waals surface area contributed by atoms with Gasteiger partial charge in [0.15, 0.2) is 0 Å². The zero-order chi connectivity index (χ0) is 22.6. The monoisotopic (exact) mass is 490 g/mol. The van der Waals surface area contributed by atoms with Gasteiger partial charge in [0.1, 0.15) is 6.10 Å². The summed E-state index contributed by atoms with van der Waals surface area (Å²) in [6.07, 6.45) is 13.9. The number of rotatable bonds is 2. The minimum Gasteiger partial charge on any atom is -0.444 e. The van der Waals surface area contributed by atoms with Crippen molar-refractivity contribution in [3.05, 3.63) is 0 Å². The summed E-state index contributed by atoms with van der Waals surface area (Å²) in [5, 5.41) is 6.50. The van der Waals surface area contributed by atoms with Gasteiger partial charge in [-0.25, -0.2) is 4.79 Å². The van der Waals surface area contributed by atoms with E-state index in [9.17, 15) is 4.79 Å². The number of ether oxygens (including phenoxy) is 2. The Morgan fingerprint density at radius 2 is 1.79 bits per heavy atom. The number of alkyl carbamates (subject to hydrolysis) is 1. The zero-order valence-electron chi connectivity index (χ0n) is 21.5. The van der Waals surface area contributed by atoms with E-state index in [2.05, 4.69) is 31.4 Å². The third-order valence-electron chi connectivity index (χ3n) is 12.8. The normalized spacial score (nSPS) is 52.3. The summed E-state index contributed by atoms with van der Waals surface area (Å²) in [4.78, 5) is 12.6. The zero-order valence-corrected chi connectivity index (χ0v) is 22.5. The largest absolute Gasteiger partial charge is 0.444 e. The first-order valence-corrected chi connectivity index (χ1v) is 14.1. The lowest BCUT2D eigenvalue weighted by atomic mass is 9.46. The summed E-state index contributed by atoms with van der Waals surface area (Å²) in [6.45, 7) is 10.1. The summed E-state index contributed by atoms with van der Waals surface area (Å²) < 4.78 is 12.0. The number of hydrogen-bond donors (Lipinski definition) is 2. The highest BCUT2D eigenvalue weighted by molar-refractivity contribution is 7.59. The van der Waals surface area contributed by atoms with Crippen LogP contribution in [0.3, 0.4) is 0 Å². The summed E-state index contributed by atoms with van der Waals surface area (Å²) in [7, 11) is 0. The van der Waals surface area contributed by atoms with Gasteiger partial charge >= 0.3 is 6.09 Å². The van der Waals surface area contributed by atoms with Crippen LogP contribution in [0.4, 0.5) is 4.79 Å². The third kappa shape index (κ3) is 2.97. The first kappa shape index (κ1) is 23.9. The number of carbonyl (C=O) groups is 1. The molecule has 1 amide bonds. The average molecular weight is 491 g/mol. The fourth-order valence-electron chi connectivity index (χ4n) is 11.1. The Hall–Kier alpha value is -0.460. The quantitative estimate of drug-likeness (QED) is 0.572. The predicted molar refractivity (Wildman–Crippen MR) is 137 cm³/mol. The fraction of sp³-hybridized carbons (Fsp3) is 0.964. The molecule has 0 aromatic carbocycles. The topological polar surface area (TPSA) is 59.6 Å². The van der Waals surface area contributed by atoms with E-state index in [1.165, 1.54) is 57.8 Å². The summed E-state index contributed by atoms with van der Waals surface area (Å²) in [6, 6.07) is 0.236. The molecule has 7 fully saturated rings. The van der Waals surface area contributed by atoms with Gasteiger partial charge in [0, 0.05) is 25.7 Å². The number of nitrogens with one attached hydrogen (secondary N) is 2. The molecular formula is C28H46N2O3S. The molecule has 2 N–H and O–H groups in total. The lowest BCUT2D eigenvalue weighted by molar-refractivity contribution is -0.105. The van der Waals surface area contributed by atoms with Crippen molar-refractivity contribution in [3.8, 4) is 0 Å². The van der Waals surface area contributed by atoms with E-state index < -0.39 is 0 Å². The van der Waals surface area contributed by atoms with E-state index in [-0.39, 0.29) is 37.1 Å². The number of amides is 1. The Kier molecular flexibility index (Phi) is 5.46. The highest BCUT2D eigenvalue weighted by Gasteiger charge is 2.80. The van der Waals surface area contributed by atoms with Crippen LogP contribution in [-0.4, -0.2) is 44.0 Å². The Bertz CT molecular complexity index is 848. The van der Waals surface area contributed by atoms with Gasteiger partial charge in [-0.15, -0.1) is 0 Å². The van der Waals surface area contributed by atoms with Gasteiger partial charge in [0.25, 0.3) is 0 Å². The lowest BCUT2D eigenvalue weighted by Crippen LogP contribution is -2.59. The van der Waals surface area contributed by atoms with Crippen LogP contribution in [0.25, 0.3) is 0 Å². The minimum atomic E-state index is -0.197. The van der Waals surface area contributed by atoms with Crippen LogP contribution < -0.4 is 10.6 Å². The molecule has 34 heavy (non-hydrogen) atoms. The molecule has 4 unspecified atom stereocenters. The predicted octanol–water partition coefficient (Wildman–Crippen LogP) is 5.00. The lowest BCUT2D eigenvalue weighted by Gasteiger charge is -2.59. The van der Waals surface area contributed by atoms with Gasteiger partial charge in [-0.3, -0.25) is 0 Å². The number of hydrogen-bond acceptors (Lipinski definition) is 4. The van der Waals surface area contributed by atoms with E-state index in [1.807, 2.05) is 0 Å². The molecule has 2 saturated heterocycles. The van der Waals surface area contributed by atoms with Crippen molar-refractivity contribution in [2.24, 2.45) is 45.3 Å². The maximum absolute atomic E-state index is 12.6. The van der Waals surface area contributed by atoms with Gasteiger partial charge in [-0.2, -0.15) is 13.5 Å². The molecule has 0 aromatic rings. The summed E-state index contributed by atoms with van der Waals surface area (Å²) in [5.74, 6) is 3.34. The van der Waals surface area contributed by atoms with Crippen molar-refractivity contribution in [2.45, 2.75) is 103 Å². The van der Waals surface area contributed by atoms with E-state index in [0.29, 0.717) is 22.3 Å². The first-order valence-electron chi connectivity index (χ1n) is 14.1. The van der Waals surface area contributed by atoms with Crippen LogP contribution in [0.1, 0.15) is 85.0 Å². The van der Waals surface area contributed by atoms with Crippen LogP contribution >= 0.6 is 13.5 Å². The molecular weight excluding hydrogens is 444 g/mol. The fourth-order valence-corrected chi connectivity index (χ4v) is 11.1. The second kappa shape index (κ2) is 7.77. The molecule has 2 aliphatic heterocycles. The molecule has 7 aliphatic rings. The van der Waals surface area contributed by atoms with Crippen LogP contribution in [0.2, 0.25) is 0 Å². The van der Waals surface area contributed by atoms with Crippen molar-refractivity contribution < 1.29 is 14.3 Å². The second-order valence-corrected chi connectivity index (χ2v) is 14.0. The van der Waals surface area contributed by atoms with Gasteiger partial charge < -0.3 is 20.1 Å². The van der Waals surface area contributed by atoms with Crippen molar-refractivity contribution >= 4 is 19.6 Å². The van der Waals surface area contributed by atoms with Crippen molar-refractivity contribution in [1.82, 2.24) is 10.6 Å². The van der Waals surface area contributed by atoms with E-state index >= 15 is 0 Å². The molecule has 5 aliphatic carbocycles. The van der Waals surface area contributed by atoms with Crippen LogP contribution in [0, 0.1) is 45.3 Å². The van der Waals surface area contributed by atoms with Crippen LogP contribution in [0.15, 0.2) is 0 Å². The van der Waals surface area contributed by atoms with Crippen molar-refractivity contribution in [1.29, 1.82) is 0 Å². The molecule has 0 radical (unpaired) electrons. The van der Waals surface area contributed by atoms with Crippen molar-refractivity contribution in [2.75, 3.05) is 19.7 Å². The molecule has 192 valence electrons. The van der Waals surface area contributed by atoms with E-state index in [0.717, 1.165) is 49.8 Å². The van der Waals surface area contributed by atoms with Crippen LogP contribution in [0.5, 0.6) is 0 Å². The van der Waals surface area contributed by atoms with Crippen molar-refractivity contribution in [3.63, 3.8) is 0 Å². The average Bonchev–Trinajstić information content (AvgIpc) is 3.33. The molecule has 2 heterocycles. The van der Waals surface area contributed by atoms with E-state index in [1.54, 1.807) is 0 Å². The Morgan fingerprint density at radius 1 is 0.971 bits per heavy atom. The molecule has 7 rings (SSSR count). The summed E-state index contributed by atoms with van der Waals surface area (Å²) >= 11 is 0. The Labute approximate surface area is 212 Å². The molecule has 0 bridgehead atoms. The van der Waals surface area contributed by atoms with Gasteiger partial charge in [0.05, 0.1) is 6.10 Å². The second-order valence-electron chi connectivity index (χ2n) is 14.0. The number of fused-ring (bicyclic) bond motifs is 4. The molecule has 9 atom stereocenters. The first-order chi connectivity index (χ1) is 15.8. The highest BCUT2D eigenvalue weighted by atomic mass is 32.1. The Morgan fingerprint density at radius 3 is 2.56 bits per heavy atom. The SMILES string of the molecule is CC1(C)C2CC[C@H]3C4C[C@H]5OCCCC5[C@@]4(C)CCC34C[C@]24CC[C@@H]1NC(=O)OC1CNC1.S. The molecule has 0 aromatic heterocycles.